The number of aromatic nitrogens is 2. The first-order valence-electron chi connectivity index (χ1n) is 15.4. The number of thiophene rings is 1. The molecule has 0 spiro atoms. The third-order valence-electron chi connectivity index (χ3n) is 9.34. The molecule has 0 aliphatic heterocycles. The molecule has 0 unspecified atom stereocenters. The second kappa shape index (κ2) is 9.43. The molecule has 0 atom stereocenters. The number of benzene rings is 7. The summed E-state index contributed by atoms with van der Waals surface area (Å²) in [5.41, 5.74) is 9.76. The largest absolute Gasteiger partial charge is 0.309 e. The van der Waals surface area contributed by atoms with Gasteiger partial charge in [0.2, 0.25) is 0 Å². The Balaban J connectivity index is 1.27. The van der Waals surface area contributed by atoms with Gasteiger partial charge in [-0.1, -0.05) is 109 Å². The quantitative estimate of drug-likeness (QED) is 0.194. The van der Waals surface area contributed by atoms with E-state index in [0.29, 0.717) is 0 Å². The molecule has 10 aromatic rings. The average molecular weight is 591 g/mol. The van der Waals surface area contributed by atoms with E-state index in [4.69, 9.17) is 0 Å². The van der Waals surface area contributed by atoms with Crippen molar-refractivity contribution in [2.75, 3.05) is 0 Å². The zero-order valence-electron chi connectivity index (χ0n) is 24.3. The Morgan fingerprint density at radius 1 is 0.356 bits per heavy atom. The minimum absolute atomic E-state index is 1.16. The lowest BCUT2D eigenvalue weighted by Crippen LogP contribution is -1.98. The number of hydrogen-bond acceptors (Lipinski definition) is 1. The van der Waals surface area contributed by atoms with Gasteiger partial charge >= 0.3 is 0 Å². The maximum atomic E-state index is 2.46. The van der Waals surface area contributed by atoms with Crippen LogP contribution in [0.4, 0.5) is 0 Å². The molecule has 45 heavy (non-hydrogen) atoms. The molecular weight excluding hydrogens is 565 g/mol. The van der Waals surface area contributed by atoms with Crippen molar-refractivity contribution in [3.63, 3.8) is 0 Å². The van der Waals surface area contributed by atoms with Crippen molar-refractivity contribution in [2.24, 2.45) is 0 Å². The van der Waals surface area contributed by atoms with E-state index in [2.05, 4.69) is 167 Å². The molecule has 3 heterocycles. The number of nitrogens with zero attached hydrogens (tertiary/aromatic N) is 2. The Morgan fingerprint density at radius 2 is 0.822 bits per heavy atom. The van der Waals surface area contributed by atoms with Gasteiger partial charge in [-0.2, -0.15) is 0 Å². The predicted octanol–water partition coefficient (Wildman–Crippen LogP) is 11.9. The standard InChI is InChI=1S/C42H26N2S/c1-6-16-35-29(11-1)30-12-2-7-17-36(30)43(35)28-23-21-27(22-24-28)41-39(26-25-34-33-15-5-10-20-40(33)45-42(34)41)44-37-18-8-3-13-31(37)32-14-4-9-19-38(32)44/h1-26H. The first kappa shape index (κ1) is 24.8. The molecule has 0 aliphatic carbocycles. The van der Waals surface area contributed by atoms with Gasteiger partial charge in [0.1, 0.15) is 0 Å². The first-order valence-corrected chi connectivity index (χ1v) is 16.2. The van der Waals surface area contributed by atoms with E-state index >= 15 is 0 Å². The van der Waals surface area contributed by atoms with Crippen LogP contribution in [-0.2, 0) is 0 Å². The van der Waals surface area contributed by atoms with Crippen LogP contribution in [0.25, 0.3) is 86.3 Å². The molecule has 0 bridgehead atoms. The minimum atomic E-state index is 1.16. The van der Waals surface area contributed by atoms with E-state index in [0.717, 1.165) is 5.69 Å². The number of hydrogen-bond donors (Lipinski definition) is 0. The van der Waals surface area contributed by atoms with Crippen LogP contribution in [0.1, 0.15) is 0 Å². The summed E-state index contributed by atoms with van der Waals surface area (Å²) in [5.74, 6) is 0. The highest BCUT2D eigenvalue weighted by molar-refractivity contribution is 7.26. The number of para-hydroxylation sites is 4. The lowest BCUT2D eigenvalue weighted by Gasteiger charge is -2.16. The van der Waals surface area contributed by atoms with Crippen LogP contribution in [0.2, 0.25) is 0 Å². The molecule has 2 nitrogen and oxygen atoms in total. The average Bonchev–Trinajstić information content (AvgIpc) is 3.76. The fraction of sp³-hybridized carbons (Fsp3) is 0. The van der Waals surface area contributed by atoms with Gasteiger partial charge in [-0.05, 0) is 54.1 Å². The molecule has 10 rings (SSSR count). The van der Waals surface area contributed by atoms with Crippen molar-refractivity contribution in [2.45, 2.75) is 0 Å². The van der Waals surface area contributed by atoms with Crippen molar-refractivity contribution >= 4 is 75.1 Å². The molecule has 0 amide bonds. The van der Waals surface area contributed by atoms with E-state index in [-0.39, 0.29) is 0 Å². The monoisotopic (exact) mass is 590 g/mol. The molecule has 3 heteroatoms. The summed E-state index contributed by atoms with van der Waals surface area (Å²) < 4.78 is 7.49. The smallest absolute Gasteiger partial charge is 0.0555 e. The highest BCUT2D eigenvalue weighted by Crippen LogP contribution is 2.45. The maximum absolute atomic E-state index is 2.46. The normalized spacial score (nSPS) is 12.0. The lowest BCUT2D eigenvalue weighted by molar-refractivity contribution is 1.18. The van der Waals surface area contributed by atoms with Crippen molar-refractivity contribution in [1.29, 1.82) is 0 Å². The summed E-state index contributed by atoms with van der Waals surface area (Å²) in [7, 11) is 0. The summed E-state index contributed by atoms with van der Waals surface area (Å²) in [4.78, 5) is 0. The van der Waals surface area contributed by atoms with Gasteiger partial charge in [-0.25, -0.2) is 0 Å². The van der Waals surface area contributed by atoms with Crippen molar-refractivity contribution < 1.29 is 0 Å². The Kier molecular flexibility index (Phi) is 5.19. The lowest BCUT2D eigenvalue weighted by atomic mass is 9.99. The van der Waals surface area contributed by atoms with Gasteiger partial charge in [-0.3, -0.25) is 0 Å². The Bertz CT molecular complexity index is 2650. The fourth-order valence-corrected chi connectivity index (χ4v) is 8.67. The van der Waals surface area contributed by atoms with Gasteiger partial charge in [0.15, 0.2) is 0 Å². The van der Waals surface area contributed by atoms with Gasteiger partial charge in [0, 0.05) is 53.0 Å². The fourth-order valence-electron chi connectivity index (χ4n) is 7.40. The molecule has 210 valence electrons. The molecule has 0 saturated carbocycles. The Morgan fingerprint density at radius 3 is 1.38 bits per heavy atom. The van der Waals surface area contributed by atoms with Crippen molar-refractivity contribution in [1.82, 2.24) is 9.13 Å². The van der Waals surface area contributed by atoms with E-state index < -0.39 is 0 Å². The first-order chi connectivity index (χ1) is 22.3. The van der Waals surface area contributed by atoms with E-state index in [1.807, 2.05) is 11.3 Å². The minimum Gasteiger partial charge on any atom is -0.309 e. The third-order valence-corrected chi connectivity index (χ3v) is 10.5. The SMILES string of the molecule is c1ccc2c(c1)sc1c(-c3ccc(-n4c5ccccc5c5ccccc54)cc3)c(-n3c4ccccc4c4ccccc43)ccc12. The second-order valence-corrected chi connectivity index (χ2v) is 12.8. The number of rotatable bonds is 3. The molecule has 3 aromatic heterocycles. The van der Waals surface area contributed by atoms with Crippen LogP contribution in [0.5, 0.6) is 0 Å². The van der Waals surface area contributed by atoms with E-state index in [1.165, 1.54) is 80.6 Å². The van der Waals surface area contributed by atoms with Crippen LogP contribution in [0, 0.1) is 0 Å². The van der Waals surface area contributed by atoms with Crippen LogP contribution in [-0.4, -0.2) is 9.13 Å². The van der Waals surface area contributed by atoms with Gasteiger partial charge < -0.3 is 9.13 Å². The Hall–Kier alpha value is -5.64. The van der Waals surface area contributed by atoms with E-state index in [9.17, 15) is 0 Å². The summed E-state index contributed by atoms with van der Waals surface area (Å²) in [6, 6.07) is 57.6. The summed E-state index contributed by atoms with van der Waals surface area (Å²) in [6.45, 7) is 0. The second-order valence-electron chi connectivity index (χ2n) is 11.7. The molecule has 0 aliphatic rings. The van der Waals surface area contributed by atoms with Gasteiger partial charge in [-0.15, -0.1) is 11.3 Å². The molecule has 0 radical (unpaired) electrons. The van der Waals surface area contributed by atoms with Crippen molar-refractivity contribution in [3.8, 4) is 22.5 Å². The number of fused-ring (bicyclic) bond motifs is 9. The predicted molar refractivity (Wildman–Crippen MR) is 193 cm³/mol. The van der Waals surface area contributed by atoms with Crippen LogP contribution in [0.15, 0.2) is 158 Å². The summed E-state index contributed by atoms with van der Waals surface area (Å²) >= 11 is 1.89. The molecule has 0 fully saturated rings. The van der Waals surface area contributed by atoms with Crippen LogP contribution < -0.4 is 0 Å². The molecule has 7 aromatic carbocycles. The maximum Gasteiger partial charge on any atom is 0.0555 e. The Labute approximate surface area is 263 Å². The zero-order valence-corrected chi connectivity index (χ0v) is 25.1. The summed E-state index contributed by atoms with van der Waals surface area (Å²) in [6.07, 6.45) is 0. The molecular formula is C42H26N2S. The van der Waals surface area contributed by atoms with Gasteiger partial charge in [0.05, 0.1) is 27.8 Å². The van der Waals surface area contributed by atoms with Gasteiger partial charge in [0.25, 0.3) is 0 Å². The summed E-state index contributed by atoms with van der Waals surface area (Å²) in [5, 5.41) is 7.73. The topological polar surface area (TPSA) is 9.86 Å². The van der Waals surface area contributed by atoms with Crippen LogP contribution in [0.3, 0.4) is 0 Å². The molecule has 0 N–H and O–H groups in total. The zero-order chi connectivity index (χ0) is 29.5. The van der Waals surface area contributed by atoms with E-state index in [1.54, 1.807) is 0 Å². The molecule has 0 saturated heterocycles. The van der Waals surface area contributed by atoms with Crippen molar-refractivity contribution in [3.05, 3.63) is 158 Å². The highest BCUT2D eigenvalue weighted by Gasteiger charge is 2.20. The third kappa shape index (κ3) is 3.50. The van der Waals surface area contributed by atoms with Crippen LogP contribution >= 0.6 is 11.3 Å². The highest BCUT2D eigenvalue weighted by atomic mass is 32.1.